The van der Waals surface area contributed by atoms with Gasteiger partial charge in [0.25, 0.3) is 11.8 Å². The minimum absolute atomic E-state index is 0.0464. The van der Waals surface area contributed by atoms with E-state index in [4.69, 9.17) is 26.9 Å². The molecule has 2 saturated heterocycles. The Kier molecular flexibility index (Phi) is 13.6. The topological polar surface area (TPSA) is 160 Å². The van der Waals surface area contributed by atoms with Gasteiger partial charge in [0.15, 0.2) is 17.4 Å². The summed E-state index contributed by atoms with van der Waals surface area (Å²) in [6.07, 6.45) is -0.668. The summed E-state index contributed by atoms with van der Waals surface area (Å²) in [6, 6.07) is 3.91. The van der Waals surface area contributed by atoms with E-state index in [1.54, 1.807) is 23.6 Å². The number of aliphatic hydroxyl groups excluding tert-OH is 1. The predicted octanol–water partition coefficient (Wildman–Crippen LogP) is 8.40. The van der Waals surface area contributed by atoms with Crippen LogP contribution in [0.15, 0.2) is 28.3 Å². The van der Waals surface area contributed by atoms with Crippen molar-refractivity contribution < 1.29 is 35.4 Å². The molecule has 4 heterocycles. The highest BCUT2D eigenvalue weighted by atomic mass is 32.2. The molecule has 1 N–H and O–H groups in total. The average molecular weight is 847 g/mol. The van der Waals surface area contributed by atoms with Crippen LogP contribution >= 0.6 is 0 Å². The summed E-state index contributed by atoms with van der Waals surface area (Å²) in [5.74, 6) is -0.384. The molecular formula is C40H66N6O8SSi2. The predicted molar refractivity (Wildman–Crippen MR) is 227 cm³/mol. The summed E-state index contributed by atoms with van der Waals surface area (Å²) >= 11 is 0. The maximum Gasteiger partial charge on any atom is 0.341 e. The van der Waals surface area contributed by atoms with Gasteiger partial charge >= 0.3 is 27.2 Å². The Morgan fingerprint density at radius 3 is 1.93 bits per heavy atom. The molecular weight excluding hydrogens is 781 g/mol. The number of rotatable bonds is 13. The van der Waals surface area contributed by atoms with Crippen LogP contribution in [0, 0.1) is 0 Å². The molecule has 2 aliphatic rings. The first-order chi connectivity index (χ1) is 26.5. The van der Waals surface area contributed by atoms with Crippen molar-refractivity contribution in [2.75, 3.05) is 20.7 Å². The monoisotopic (exact) mass is 846 g/mol. The second-order valence-electron chi connectivity index (χ2n) is 18.0. The third kappa shape index (κ3) is 8.63. The van der Waals surface area contributed by atoms with Crippen molar-refractivity contribution in [3.8, 4) is 5.88 Å². The van der Waals surface area contributed by atoms with Crippen molar-refractivity contribution in [3.63, 3.8) is 0 Å². The van der Waals surface area contributed by atoms with E-state index in [1.807, 2.05) is 39.8 Å². The van der Waals surface area contributed by atoms with Gasteiger partial charge in [-0.25, -0.2) is 9.98 Å². The van der Waals surface area contributed by atoms with Crippen LogP contribution in [0.2, 0.25) is 22.2 Å². The average Bonchev–Trinajstić information content (AvgIpc) is 3.65. The number of aromatic nitrogens is 4. The Morgan fingerprint density at radius 2 is 1.44 bits per heavy atom. The van der Waals surface area contributed by atoms with E-state index in [1.165, 1.54) is 12.7 Å². The number of aliphatic imine (C=N–C) groups is 1. The molecule has 0 bridgehead atoms. The van der Waals surface area contributed by atoms with E-state index >= 15 is 0 Å². The van der Waals surface area contributed by atoms with Gasteiger partial charge in [-0.2, -0.15) is 18.4 Å². The second-order valence-corrected chi connectivity index (χ2v) is 28.3. The SMILES string of the molecule is CC(C)c1cc(C(C)C)c(S(=O)(=O)Oc2nc(/N=C/N(C)C)nc3c2ncn3[C@@H]2O[C@@H]3CO[Si](C(C)C)(C(C)C)O[Si](C(C)C)(C(C)C)O[C@H]3[C@H]2O)c(C(C)C)c1. The first-order valence-corrected chi connectivity index (χ1v) is 25.7. The van der Waals surface area contributed by atoms with Crippen LogP contribution in [0.25, 0.3) is 11.2 Å². The molecule has 0 spiro atoms. The molecule has 0 aliphatic carbocycles. The minimum Gasteiger partial charge on any atom is -0.414 e. The van der Waals surface area contributed by atoms with Gasteiger partial charge in [0.05, 0.1) is 19.3 Å². The first-order valence-electron chi connectivity index (χ1n) is 20.4. The number of benzene rings is 1. The number of nitrogens with zero attached hydrogens (tertiary/aromatic N) is 6. The fourth-order valence-corrected chi connectivity index (χ4v) is 20.8. The zero-order chi connectivity index (χ0) is 42.5. The third-order valence-corrected chi connectivity index (χ3v) is 22.8. The molecule has 17 heteroatoms. The molecule has 318 valence electrons. The molecule has 5 rings (SSSR count). The highest BCUT2D eigenvalue weighted by molar-refractivity contribution is 7.87. The summed E-state index contributed by atoms with van der Waals surface area (Å²) in [7, 11) is -6.82. The maximum absolute atomic E-state index is 14.6. The number of fused-ring (bicyclic) bond motifs is 2. The zero-order valence-corrected chi connectivity index (χ0v) is 39.6. The Labute approximate surface area is 342 Å². The van der Waals surface area contributed by atoms with E-state index in [-0.39, 0.29) is 74.4 Å². The van der Waals surface area contributed by atoms with E-state index in [2.05, 4.69) is 84.2 Å². The van der Waals surface area contributed by atoms with Crippen LogP contribution in [0.1, 0.15) is 138 Å². The van der Waals surface area contributed by atoms with Gasteiger partial charge in [-0.1, -0.05) is 109 Å². The quantitative estimate of drug-likeness (QED) is 0.0759. The summed E-state index contributed by atoms with van der Waals surface area (Å²) in [4.78, 5) is 20.0. The first kappa shape index (κ1) is 45.3. The molecule has 4 atom stereocenters. The smallest absolute Gasteiger partial charge is 0.341 e. The van der Waals surface area contributed by atoms with E-state index in [0.29, 0.717) is 11.1 Å². The molecule has 0 radical (unpaired) electrons. The molecule has 2 aliphatic heterocycles. The van der Waals surface area contributed by atoms with Crippen LogP contribution in [0.5, 0.6) is 5.88 Å². The van der Waals surface area contributed by atoms with Gasteiger partial charge in [-0.3, -0.25) is 4.57 Å². The molecule has 3 aromatic rings. The fraction of sp³-hybridized carbons (Fsp3) is 0.700. The maximum atomic E-state index is 14.6. The number of aliphatic hydroxyl groups is 1. The van der Waals surface area contributed by atoms with E-state index < -0.39 is 51.8 Å². The Balaban J connectivity index is 1.65. The van der Waals surface area contributed by atoms with Crippen LogP contribution in [-0.2, 0) is 27.8 Å². The summed E-state index contributed by atoms with van der Waals surface area (Å²) in [5, 5.41) is 12.2. The number of imidazole rings is 1. The van der Waals surface area contributed by atoms with Gasteiger partial charge in [-0.15, -0.1) is 0 Å². The largest absolute Gasteiger partial charge is 0.414 e. The lowest BCUT2D eigenvalue weighted by Gasteiger charge is -2.51. The van der Waals surface area contributed by atoms with E-state index in [0.717, 1.165) is 5.56 Å². The molecule has 2 fully saturated rings. The molecule has 1 aromatic carbocycles. The van der Waals surface area contributed by atoms with Crippen LogP contribution < -0.4 is 4.18 Å². The Hall–Kier alpha value is -2.78. The summed E-state index contributed by atoms with van der Waals surface area (Å²) in [6.45, 7) is 29.3. The van der Waals surface area contributed by atoms with Crippen molar-refractivity contribution in [3.05, 3.63) is 35.2 Å². The highest BCUT2D eigenvalue weighted by Crippen LogP contribution is 2.49. The fourth-order valence-electron chi connectivity index (χ4n) is 8.04. The van der Waals surface area contributed by atoms with Crippen molar-refractivity contribution >= 4 is 50.7 Å². The molecule has 0 saturated carbocycles. The van der Waals surface area contributed by atoms with Crippen molar-refractivity contribution in [2.45, 2.75) is 166 Å². The summed E-state index contributed by atoms with van der Waals surface area (Å²) < 4.78 is 64.8. The third-order valence-electron chi connectivity index (χ3n) is 11.2. The second kappa shape index (κ2) is 17.1. The Bertz CT molecular complexity index is 1990. The van der Waals surface area contributed by atoms with Gasteiger partial charge in [-0.05, 0) is 56.6 Å². The van der Waals surface area contributed by atoms with Crippen LogP contribution in [0.4, 0.5) is 5.95 Å². The molecule has 57 heavy (non-hydrogen) atoms. The van der Waals surface area contributed by atoms with Crippen molar-refractivity contribution in [2.24, 2.45) is 4.99 Å². The minimum atomic E-state index is -4.47. The van der Waals surface area contributed by atoms with Crippen molar-refractivity contribution in [1.82, 2.24) is 24.4 Å². The normalized spacial score (nSPS) is 22.9. The molecule has 14 nitrogen and oxygen atoms in total. The highest BCUT2D eigenvalue weighted by Gasteiger charge is 2.62. The number of ether oxygens (including phenoxy) is 1. The lowest BCUT2D eigenvalue weighted by Crippen LogP contribution is -2.65. The molecule has 0 unspecified atom stereocenters. The Morgan fingerprint density at radius 1 is 0.877 bits per heavy atom. The van der Waals surface area contributed by atoms with Crippen molar-refractivity contribution in [1.29, 1.82) is 0 Å². The lowest BCUT2D eigenvalue weighted by molar-refractivity contribution is -0.0570. The number of hydrogen-bond donors (Lipinski definition) is 1. The van der Waals surface area contributed by atoms with Crippen LogP contribution in [-0.4, -0.2) is 100 Å². The standard InChI is InChI=1S/C40H66N6O8SSi2/c1-22(2)29-17-30(23(3)4)36(31(18-29)24(5)6)55(48,49)52-38-33-37(43-40(44-38)42-20-45(15)16)46(21-41-33)39-34(47)35-32(51-39)19-50-56(25(7)8,26(9)10)54-57(53-35,27(11)12)28(13)14/h17-18,20-28,32,34-35,39,47H,19H2,1-16H3/b42-20+/t32-,34-,35-,39-/m1/s1. The molecule has 0 amide bonds. The van der Waals surface area contributed by atoms with Gasteiger partial charge < -0.3 is 31.9 Å². The van der Waals surface area contributed by atoms with Gasteiger partial charge in [0.2, 0.25) is 0 Å². The van der Waals surface area contributed by atoms with E-state index in [9.17, 15) is 13.5 Å². The molecule has 2 aromatic heterocycles. The number of hydrogen-bond acceptors (Lipinski definition) is 12. The van der Waals surface area contributed by atoms with Crippen LogP contribution in [0.3, 0.4) is 0 Å². The summed E-state index contributed by atoms with van der Waals surface area (Å²) in [5.41, 5.74) is 2.98. The van der Waals surface area contributed by atoms with Gasteiger partial charge in [0, 0.05) is 14.1 Å². The van der Waals surface area contributed by atoms with Gasteiger partial charge in [0.1, 0.15) is 23.2 Å². The zero-order valence-electron chi connectivity index (χ0n) is 36.8. The lowest BCUT2D eigenvalue weighted by atomic mass is 9.89.